The lowest BCUT2D eigenvalue weighted by atomic mass is 10.1. The van der Waals surface area contributed by atoms with E-state index in [0.29, 0.717) is 19.8 Å². The molecule has 182 valence electrons. The summed E-state index contributed by atoms with van der Waals surface area (Å²) in [5.74, 6) is 3.48. The topological polar surface area (TPSA) is 71.0 Å². The van der Waals surface area contributed by atoms with Crippen molar-refractivity contribution in [1.82, 2.24) is 15.6 Å². The molecule has 0 amide bonds. The molecule has 0 saturated carbocycles. The van der Waals surface area contributed by atoms with Crippen LogP contribution in [0.1, 0.15) is 44.7 Å². The molecule has 0 atom stereocenters. The van der Waals surface area contributed by atoms with Crippen LogP contribution in [0.5, 0.6) is 11.5 Å². The van der Waals surface area contributed by atoms with Gasteiger partial charge in [0.1, 0.15) is 5.82 Å². The maximum Gasteiger partial charge on any atom is 0.191 e. The van der Waals surface area contributed by atoms with E-state index in [9.17, 15) is 0 Å². The van der Waals surface area contributed by atoms with Crippen molar-refractivity contribution in [1.29, 1.82) is 0 Å². The number of anilines is 1. The molecule has 2 N–H and O–H groups in total. The van der Waals surface area contributed by atoms with Crippen LogP contribution in [-0.2, 0) is 13.0 Å². The number of rotatable bonds is 11. The zero-order valence-corrected chi connectivity index (χ0v) is 22.4. The standard InChI is InChI=1S/C25H37N5O2.HI/c1-4-26-25(29-19-21-10-12-24(28-18-21)30-15-7-8-16-30)27-14-13-20-9-11-22(31-5-2)23(17-20)32-6-3;/h9-12,17-18H,4-8,13-16,19H2,1-3H3,(H2,26,27,29);1H. The number of guanidine groups is 1. The lowest BCUT2D eigenvalue weighted by Gasteiger charge is -2.16. The van der Waals surface area contributed by atoms with Gasteiger partial charge in [0.05, 0.1) is 19.8 Å². The molecule has 0 unspecified atom stereocenters. The van der Waals surface area contributed by atoms with Crippen LogP contribution in [0.25, 0.3) is 0 Å². The summed E-state index contributed by atoms with van der Waals surface area (Å²) >= 11 is 0. The maximum atomic E-state index is 5.73. The highest BCUT2D eigenvalue weighted by molar-refractivity contribution is 14.0. The Morgan fingerprint density at radius 3 is 2.36 bits per heavy atom. The smallest absolute Gasteiger partial charge is 0.191 e. The second-order valence-electron chi connectivity index (χ2n) is 7.74. The highest BCUT2D eigenvalue weighted by atomic mass is 127. The SMILES string of the molecule is CCNC(=NCc1ccc(N2CCCC2)nc1)NCCc1ccc(OCC)c(OCC)c1.I. The molecular formula is C25H38IN5O2. The Morgan fingerprint density at radius 1 is 0.970 bits per heavy atom. The van der Waals surface area contributed by atoms with Gasteiger partial charge < -0.3 is 25.0 Å². The molecule has 7 nitrogen and oxygen atoms in total. The molecule has 0 bridgehead atoms. The van der Waals surface area contributed by atoms with E-state index in [0.717, 1.165) is 61.4 Å². The highest BCUT2D eigenvalue weighted by Crippen LogP contribution is 2.28. The number of aromatic nitrogens is 1. The zero-order valence-electron chi connectivity index (χ0n) is 20.1. The first-order valence-electron chi connectivity index (χ1n) is 11.8. The van der Waals surface area contributed by atoms with Gasteiger partial charge in [0.2, 0.25) is 0 Å². The minimum absolute atomic E-state index is 0. The van der Waals surface area contributed by atoms with Gasteiger partial charge in [0.25, 0.3) is 0 Å². The molecule has 8 heteroatoms. The molecule has 2 aromatic rings. The van der Waals surface area contributed by atoms with Crippen molar-refractivity contribution in [2.24, 2.45) is 4.99 Å². The van der Waals surface area contributed by atoms with E-state index in [1.54, 1.807) is 0 Å². The van der Waals surface area contributed by atoms with E-state index in [-0.39, 0.29) is 24.0 Å². The summed E-state index contributed by atoms with van der Waals surface area (Å²) in [4.78, 5) is 11.7. The largest absolute Gasteiger partial charge is 0.490 e. The van der Waals surface area contributed by atoms with Crippen LogP contribution in [0.4, 0.5) is 5.82 Å². The minimum Gasteiger partial charge on any atom is -0.490 e. The van der Waals surface area contributed by atoms with Gasteiger partial charge in [-0.05, 0) is 69.4 Å². The number of halogens is 1. The van der Waals surface area contributed by atoms with E-state index in [2.05, 4.69) is 51.7 Å². The Kier molecular flexibility index (Phi) is 12.1. The fraction of sp³-hybridized carbons (Fsp3) is 0.520. The first-order valence-corrected chi connectivity index (χ1v) is 11.8. The van der Waals surface area contributed by atoms with Crippen molar-refractivity contribution >= 4 is 35.8 Å². The number of hydrogen-bond donors (Lipinski definition) is 2. The normalized spacial score (nSPS) is 13.4. The van der Waals surface area contributed by atoms with Gasteiger partial charge in [-0.25, -0.2) is 9.98 Å². The van der Waals surface area contributed by atoms with Crippen LogP contribution in [0.15, 0.2) is 41.5 Å². The van der Waals surface area contributed by atoms with Gasteiger partial charge in [-0.3, -0.25) is 0 Å². The van der Waals surface area contributed by atoms with E-state index in [4.69, 9.17) is 14.5 Å². The summed E-state index contributed by atoms with van der Waals surface area (Å²) in [6.07, 6.45) is 5.32. The highest BCUT2D eigenvalue weighted by Gasteiger charge is 2.13. The lowest BCUT2D eigenvalue weighted by molar-refractivity contribution is 0.287. The zero-order chi connectivity index (χ0) is 22.6. The molecule has 0 aliphatic carbocycles. The van der Waals surface area contributed by atoms with Crippen molar-refractivity contribution in [3.63, 3.8) is 0 Å². The average Bonchev–Trinajstić information content (AvgIpc) is 3.35. The monoisotopic (exact) mass is 567 g/mol. The number of nitrogens with zero attached hydrogens (tertiary/aromatic N) is 3. The molecule has 0 radical (unpaired) electrons. The van der Waals surface area contributed by atoms with Crippen LogP contribution in [0.3, 0.4) is 0 Å². The Hall–Kier alpha value is -2.23. The van der Waals surface area contributed by atoms with Crippen LogP contribution in [-0.4, -0.2) is 50.3 Å². The summed E-state index contributed by atoms with van der Waals surface area (Å²) in [5, 5.41) is 6.74. The second kappa shape index (κ2) is 14.8. The lowest BCUT2D eigenvalue weighted by Crippen LogP contribution is -2.38. The van der Waals surface area contributed by atoms with Gasteiger partial charge in [-0.2, -0.15) is 0 Å². The third kappa shape index (κ3) is 8.57. The quantitative estimate of drug-likeness (QED) is 0.239. The third-order valence-corrected chi connectivity index (χ3v) is 5.32. The predicted molar refractivity (Wildman–Crippen MR) is 146 cm³/mol. The van der Waals surface area contributed by atoms with Crippen molar-refractivity contribution in [2.45, 2.75) is 46.6 Å². The van der Waals surface area contributed by atoms with Crippen LogP contribution in [0.2, 0.25) is 0 Å². The second-order valence-corrected chi connectivity index (χ2v) is 7.74. The Bertz CT molecular complexity index is 854. The van der Waals surface area contributed by atoms with Crippen molar-refractivity contribution in [3.8, 4) is 11.5 Å². The number of ether oxygens (including phenoxy) is 2. The van der Waals surface area contributed by atoms with Crippen LogP contribution < -0.4 is 25.0 Å². The van der Waals surface area contributed by atoms with Crippen LogP contribution in [0, 0.1) is 0 Å². The molecule has 33 heavy (non-hydrogen) atoms. The summed E-state index contributed by atoms with van der Waals surface area (Å²) in [6.45, 7) is 11.7. The molecule has 2 heterocycles. The minimum atomic E-state index is 0. The first-order chi connectivity index (χ1) is 15.7. The van der Waals surface area contributed by atoms with E-state index < -0.39 is 0 Å². The predicted octanol–water partition coefficient (Wildman–Crippen LogP) is 4.40. The van der Waals surface area contributed by atoms with Crippen molar-refractivity contribution in [2.75, 3.05) is 44.3 Å². The molecule has 1 aromatic heterocycles. The van der Waals surface area contributed by atoms with Gasteiger partial charge in [-0.1, -0.05) is 12.1 Å². The number of hydrogen-bond acceptors (Lipinski definition) is 5. The molecule has 0 spiro atoms. The fourth-order valence-electron chi connectivity index (χ4n) is 3.73. The summed E-state index contributed by atoms with van der Waals surface area (Å²) in [6, 6.07) is 10.4. The van der Waals surface area contributed by atoms with E-state index >= 15 is 0 Å². The number of aliphatic imine (C=N–C) groups is 1. The van der Waals surface area contributed by atoms with Gasteiger partial charge >= 0.3 is 0 Å². The third-order valence-electron chi connectivity index (χ3n) is 5.32. The van der Waals surface area contributed by atoms with E-state index in [1.165, 1.54) is 18.4 Å². The molecule has 1 fully saturated rings. The molecule has 1 aliphatic heterocycles. The molecule has 3 rings (SSSR count). The van der Waals surface area contributed by atoms with Gasteiger partial charge in [0.15, 0.2) is 17.5 Å². The summed E-state index contributed by atoms with van der Waals surface area (Å²) in [7, 11) is 0. The molecular weight excluding hydrogens is 529 g/mol. The van der Waals surface area contributed by atoms with E-state index in [1.807, 2.05) is 26.1 Å². The number of benzene rings is 1. The number of nitrogens with one attached hydrogen (secondary N) is 2. The molecule has 1 aromatic carbocycles. The summed E-state index contributed by atoms with van der Waals surface area (Å²) in [5.41, 5.74) is 2.31. The Balaban J connectivity index is 0.00000385. The van der Waals surface area contributed by atoms with Gasteiger partial charge in [0, 0.05) is 32.4 Å². The van der Waals surface area contributed by atoms with Crippen molar-refractivity contribution in [3.05, 3.63) is 47.7 Å². The fourth-order valence-corrected chi connectivity index (χ4v) is 3.73. The average molecular weight is 568 g/mol. The molecule has 1 aliphatic rings. The first kappa shape index (κ1) is 27.0. The van der Waals surface area contributed by atoms with Gasteiger partial charge in [-0.15, -0.1) is 24.0 Å². The van der Waals surface area contributed by atoms with Crippen molar-refractivity contribution < 1.29 is 9.47 Å². The Labute approximate surface area is 215 Å². The maximum absolute atomic E-state index is 5.73. The molecule has 1 saturated heterocycles. The number of pyridine rings is 1. The summed E-state index contributed by atoms with van der Waals surface area (Å²) < 4.78 is 11.4. The Morgan fingerprint density at radius 2 is 1.70 bits per heavy atom. The van der Waals surface area contributed by atoms with Crippen LogP contribution >= 0.6 is 24.0 Å².